The van der Waals surface area contributed by atoms with E-state index in [4.69, 9.17) is 4.42 Å². The first-order valence-electron chi connectivity index (χ1n) is 9.67. The first-order chi connectivity index (χ1) is 13.6. The number of hydrogen-bond donors (Lipinski definition) is 0. The number of aryl methyl sites for hydroxylation is 2. The molecule has 4 aromatic rings. The highest BCUT2D eigenvalue weighted by Gasteiger charge is 2.30. The lowest BCUT2D eigenvalue weighted by atomic mass is 9.62. The molecule has 28 heavy (non-hydrogen) atoms. The third-order valence-corrected chi connectivity index (χ3v) is 5.57. The van der Waals surface area contributed by atoms with Gasteiger partial charge in [-0.2, -0.15) is 0 Å². The fourth-order valence-corrected chi connectivity index (χ4v) is 4.08. The van der Waals surface area contributed by atoms with E-state index in [-0.39, 0.29) is 6.85 Å². The van der Waals surface area contributed by atoms with E-state index in [0.29, 0.717) is 0 Å². The summed E-state index contributed by atoms with van der Waals surface area (Å²) in [6.45, 7) is 4.59. The van der Waals surface area contributed by atoms with Gasteiger partial charge in [-0.25, -0.2) is 4.57 Å². The Bertz CT molecular complexity index is 1310. The lowest BCUT2D eigenvalue weighted by molar-refractivity contribution is -0.657. The van der Waals surface area contributed by atoms with Crippen LogP contribution in [0, 0.1) is 6.92 Å². The second-order valence-corrected chi connectivity index (χ2v) is 7.53. The molecule has 1 aliphatic heterocycles. The van der Waals surface area contributed by atoms with Gasteiger partial charge in [0.15, 0.2) is 0 Å². The molecule has 0 bridgehead atoms. The zero-order valence-electron chi connectivity index (χ0n) is 16.4. The van der Waals surface area contributed by atoms with Crippen LogP contribution in [-0.2, 0) is 7.05 Å². The summed E-state index contributed by atoms with van der Waals surface area (Å²) < 4.78 is 8.27. The van der Waals surface area contributed by atoms with E-state index in [0.717, 1.165) is 27.4 Å². The Morgan fingerprint density at radius 2 is 1.75 bits per heavy atom. The molecule has 0 saturated heterocycles. The predicted molar refractivity (Wildman–Crippen MR) is 116 cm³/mol. The second-order valence-electron chi connectivity index (χ2n) is 7.53. The van der Waals surface area contributed by atoms with Gasteiger partial charge in [0, 0.05) is 17.0 Å². The zero-order chi connectivity index (χ0) is 19.3. The van der Waals surface area contributed by atoms with Gasteiger partial charge < -0.3 is 4.42 Å². The topological polar surface area (TPSA) is 20.3 Å². The summed E-state index contributed by atoms with van der Waals surface area (Å²) in [6, 6.07) is 21.1. The molecule has 0 atom stereocenters. The van der Waals surface area contributed by atoms with E-state index in [2.05, 4.69) is 97.1 Å². The number of hydrogen-bond acceptors (Lipinski definition) is 2. The van der Waals surface area contributed by atoms with Gasteiger partial charge in [-0.1, -0.05) is 48.5 Å². The number of para-hydroxylation sites is 1. The fourth-order valence-electron chi connectivity index (χ4n) is 4.08. The van der Waals surface area contributed by atoms with Crippen molar-refractivity contribution in [2.75, 3.05) is 4.81 Å². The molecule has 0 amide bonds. The van der Waals surface area contributed by atoms with E-state index < -0.39 is 0 Å². The van der Waals surface area contributed by atoms with Gasteiger partial charge in [0.05, 0.1) is 24.7 Å². The Kier molecular flexibility index (Phi) is 3.87. The van der Waals surface area contributed by atoms with Crippen LogP contribution >= 0.6 is 0 Å². The van der Waals surface area contributed by atoms with Crippen LogP contribution in [0.2, 0.25) is 6.82 Å². The van der Waals surface area contributed by atoms with E-state index in [1.54, 1.807) is 0 Å². The Hall–Kier alpha value is -3.27. The van der Waals surface area contributed by atoms with Crippen molar-refractivity contribution in [3.63, 3.8) is 0 Å². The van der Waals surface area contributed by atoms with Gasteiger partial charge in [0.2, 0.25) is 0 Å². The van der Waals surface area contributed by atoms with Crippen LogP contribution in [0.15, 0.2) is 71.3 Å². The number of nitrogens with zero attached hydrogens (tertiary/aromatic N) is 2. The maximum absolute atomic E-state index is 6.06. The molecule has 0 saturated carbocycles. The standard InChI is InChI=1S/C24H22BN2O/c1-17-13-24(26(3)15-20(17)18-9-5-4-6-10-18)27-16-21-19-11-7-8-12-22(19)28-23(21)14-25(27)2/h4-16H,1-3H3/q+1. The van der Waals surface area contributed by atoms with Gasteiger partial charge in [-0.15, -0.1) is 0 Å². The van der Waals surface area contributed by atoms with E-state index in [1.165, 1.54) is 16.7 Å². The van der Waals surface area contributed by atoms with Gasteiger partial charge in [0.1, 0.15) is 11.0 Å². The SMILES string of the molecule is CB1C=c2oc3ccccc3c2=CN1c1cc(C)c(-c2ccccc2)c[n+]1C. The monoisotopic (exact) mass is 365 g/mol. The van der Waals surface area contributed by atoms with Gasteiger partial charge in [0.25, 0.3) is 5.82 Å². The Balaban J connectivity index is 1.66. The number of rotatable bonds is 2. The van der Waals surface area contributed by atoms with Crippen molar-refractivity contribution in [1.29, 1.82) is 0 Å². The normalized spacial score (nSPS) is 13.2. The van der Waals surface area contributed by atoms with Crippen LogP contribution < -0.4 is 20.0 Å². The summed E-state index contributed by atoms with van der Waals surface area (Å²) in [5, 5.41) is 2.31. The van der Waals surface area contributed by atoms with E-state index in [1.807, 2.05) is 12.1 Å². The van der Waals surface area contributed by atoms with E-state index >= 15 is 0 Å². The van der Waals surface area contributed by atoms with Crippen molar-refractivity contribution >= 4 is 35.8 Å². The molecule has 0 unspecified atom stereocenters. The molecule has 136 valence electrons. The third-order valence-electron chi connectivity index (χ3n) is 5.57. The molecule has 3 heterocycles. The quantitative estimate of drug-likeness (QED) is 0.401. The van der Waals surface area contributed by atoms with Crippen molar-refractivity contribution in [1.82, 2.24) is 0 Å². The average molecular weight is 365 g/mol. The molecule has 3 nitrogen and oxygen atoms in total. The summed E-state index contributed by atoms with van der Waals surface area (Å²) in [6.07, 6.45) is 4.45. The van der Waals surface area contributed by atoms with Crippen LogP contribution in [0.5, 0.6) is 0 Å². The smallest absolute Gasteiger partial charge is 0.405 e. The lowest BCUT2D eigenvalue weighted by Gasteiger charge is -2.20. The Morgan fingerprint density at radius 1 is 1.00 bits per heavy atom. The Morgan fingerprint density at radius 3 is 2.57 bits per heavy atom. The lowest BCUT2D eigenvalue weighted by Crippen LogP contribution is -2.47. The van der Waals surface area contributed by atoms with Crippen LogP contribution in [0.3, 0.4) is 0 Å². The molecule has 5 rings (SSSR count). The Labute approximate surface area is 164 Å². The molecule has 0 spiro atoms. The first kappa shape index (κ1) is 16.9. The minimum Gasteiger partial charge on any atom is -0.457 e. The summed E-state index contributed by atoms with van der Waals surface area (Å²) in [7, 11) is 2.12. The van der Waals surface area contributed by atoms with Crippen molar-refractivity contribution in [2.45, 2.75) is 13.7 Å². The van der Waals surface area contributed by atoms with Crippen LogP contribution in [-0.4, -0.2) is 6.85 Å². The molecule has 0 aliphatic carbocycles. The maximum atomic E-state index is 6.06. The van der Waals surface area contributed by atoms with Crippen LogP contribution in [0.25, 0.3) is 34.3 Å². The molecule has 2 aromatic carbocycles. The van der Waals surface area contributed by atoms with Gasteiger partial charge in [-0.3, -0.25) is 4.81 Å². The molecule has 1 aliphatic rings. The second kappa shape index (κ2) is 6.41. The molecule has 2 aromatic heterocycles. The number of fused-ring (bicyclic) bond motifs is 3. The molecule has 0 N–H and O–H groups in total. The number of anilines is 1. The van der Waals surface area contributed by atoms with Crippen molar-refractivity contribution < 1.29 is 8.98 Å². The molecule has 0 fully saturated rings. The van der Waals surface area contributed by atoms with Crippen molar-refractivity contribution in [3.05, 3.63) is 83.1 Å². The fraction of sp³-hybridized carbons (Fsp3) is 0.125. The molecular formula is C24H22BN2O+. The number of pyridine rings is 1. The average Bonchev–Trinajstić information content (AvgIpc) is 3.07. The van der Waals surface area contributed by atoms with Crippen molar-refractivity contribution in [2.24, 2.45) is 7.05 Å². The van der Waals surface area contributed by atoms with Crippen molar-refractivity contribution in [3.8, 4) is 11.1 Å². The highest BCUT2D eigenvalue weighted by atomic mass is 16.3. The van der Waals surface area contributed by atoms with Crippen LogP contribution in [0.4, 0.5) is 5.82 Å². The zero-order valence-corrected chi connectivity index (χ0v) is 16.4. The predicted octanol–water partition coefficient (Wildman–Crippen LogP) is 3.43. The highest BCUT2D eigenvalue weighted by molar-refractivity contribution is 6.76. The largest absolute Gasteiger partial charge is 0.457 e. The molecule has 4 heteroatoms. The summed E-state index contributed by atoms with van der Waals surface area (Å²) in [4.78, 5) is 2.33. The number of aromatic nitrogens is 1. The number of furan rings is 1. The van der Waals surface area contributed by atoms with E-state index in [9.17, 15) is 0 Å². The minimum absolute atomic E-state index is 0.209. The summed E-state index contributed by atoms with van der Waals surface area (Å²) in [5.41, 5.74) is 5.67. The van der Waals surface area contributed by atoms with Gasteiger partial charge >= 0.3 is 6.85 Å². The third kappa shape index (κ3) is 2.64. The molecule has 0 radical (unpaired) electrons. The number of benzene rings is 2. The van der Waals surface area contributed by atoms with Crippen LogP contribution in [0.1, 0.15) is 5.56 Å². The summed E-state index contributed by atoms with van der Waals surface area (Å²) in [5.74, 6) is 3.37. The highest BCUT2D eigenvalue weighted by Crippen LogP contribution is 2.25. The first-order valence-corrected chi connectivity index (χ1v) is 9.67. The van der Waals surface area contributed by atoms with Gasteiger partial charge in [-0.05, 0) is 36.9 Å². The summed E-state index contributed by atoms with van der Waals surface area (Å²) >= 11 is 0. The maximum Gasteiger partial charge on any atom is 0.405 e. The minimum atomic E-state index is 0.209. The molecular weight excluding hydrogens is 343 g/mol.